The second-order valence-electron chi connectivity index (χ2n) is 3.39. The second-order valence-corrected chi connectivity index (χ2v) is 3.39. The summed E-state index contributed by atoms with van der Waals surface area (Å²) in [7, 11) is 0. The third-order valence-corrected chi connectivity index (χ3v) is 2.47. The molecule has 0 spiro atoms. The first-order valence-corrected chi connectivity index (χ1v) is 4.75. The van der Waals surface area contributed by atoms with Crippen molar-refractivity contribution in [2.75, 3.05) is 0 Å². The maximum absolute atomic E-state index is 11.2. The van der Waals surface area contributed by atoms with Gasteiger partial charge in [0.1, 0.15) is 5.75 Å². The second kappa shape index (κ2) is 3.31. The predicted octanol–water partition coefficient (Wildman–Crippen LogP) is 1.47. The van der Waals surface area contributed by atoms with E-state index < -0.39 is 5.91 Å². The highest BCUT2D eigenvalue weighted by molar-refractivity contribution is 6.06. The van der Waals surface area contributed by atoms with Gasteiger partial charge in [0.2, 0.25) is 0 Å². The number of hydrogen-bond acceptors (Lipinski definition) is 2. The van der Waals surface area contributed by atoms with Crippen molar-refractivity contribution in [2.24, 2.45) is 5.73 Å². The number of carbonyl (C=O) groups is 1. The van der Waals surface area contributed by atoms with Crippen molar-refractivity contribution in [1.82, 2.24) is 4.57 Å². The van der Waals surface area contributed by atoms with Crippen LogP contribution in [0.25, 0.3) is 10.9 Å². The Morgan fingerprint density at radius 2 is 2.27 bits per heavy atom. The van der Waals surface area contributed by atoms with Crippen LogP contribution in [0.5, 0.6) is 5.75 Å². The minimum Gasteiger partial charge on any atom is -0.508 e. The summed E-state index contributed by atoms with van der Waals surface area (Å²) in [4.78, 5) is 11.2. The lowest BCUT2D eigenvalue weighted by Crippen LogP contribution is -2.10. The molecule has 78 valence electrons. The van der Waals surface area contributed by atoms with E-state index >= 15 is 0 Å². The topological polar surface area (TPSA) is 68.2 Å². The van der Waals surface area contributed by atoms with Crippen molar-refractivity contribution in [3.8, 4) is 5.75 Å². The Hall–Kier alpha value is -1.97. The number of primary amides is 1. The molecule has 0 radical (unpaired) electrons. The zero-order chi connectivity index (χ0) is 11.0. The molecular formula is C11H12N2O2. The van der Waals surface area contributed by atoms with Crippen molar-refractivity contribution in [3.63, 3.8) is 0 Å². The summed E-state index contributed by atoms with van der Waals surface area (Å²) >= 11 is 0. The number of carbonyl (C=O) groups excluding carboxylic acids is 1. The van der Waals surface area contributed by atoms with E-state index in [-0.39, 0.29) is 5.75 Å². The van der Waals surface area contributed by atoms with E-state index in [1.165, 1.54) is 0 Å². The van der Waals surface area contributed by atoms with E-state index in [0.29, 0.717) is 5.56 Å². The van der Waals surface area contributed by atoms with Crippen molar-refractivity contribution >= 4 is 16.8 Å². The summed E-state index contributed by atoms with van der Waals surface area (Å²) in [5.41, 5.74) is 6.59. The summed E-state index contributed by atoms with van der Waals surface area (Å²) in [5, 5.41) is 10.1. The van der Waals surface area contributed by atoms with Gasteiger partial charge in [-0.3, -0.25) is 4.79 Å². The highest BCUT2D eigenvalue weighted by atomic mass is 16.3. The van der Waals surface area contributed by atoms with Gasteiger partial charge in [0.05, 0.1) is 11.1 Å². The molecule has 1 amide bonds. The maximum atomic E-state index is 11.2. The van der Waals surface area contributed by atoms with Crippen LogP contribution in [0.4, 0.5) is 0 Å². The standard InChI is InChI=1S/C11H12N2O2/c1-2-13-6-9(11(12)15)8-4-3-7(14)5-10(8)13/h3-6,14H,2H2,1H3,(H2,12,15). The number of amides is 1. The fourth-order valence-electron chi connectivity index (χ4n) is 1.74. The highest BCUT2D eigenvalue weighted by Gasteiger charge is 2.11. The molecule has 4 heteroatoms. The van der Waals surface area contributed by atoms with Crippen molar-refractivity contribution in [2.45, 2.75) is 13.5 Å². The number of aromatic hydroxyl groups is 1. The molecule has 1 aromatic heterocycles. The summed E-state index contributed by atoms with van der Waals surface area (Å²) in [6.45, 7) is 2.70. The first-order chi connectivity index (χ1) is 7.13. The zero-order valence-electron chi connectivity index (χ0n) is 8.40. The van der Waals surface area contributed by atoms with E-state index in [1.54, 1.807) is 24.4 Å². The lowest BCUT2D eigenvalue weighted by molar-refractivity contribution is 0.100. The Morgan fingerprint density at radius 1 is 1.53 bits per heavy atom. The third-order valence-electron chi connectivity index (χ3n) is 2.47. The molecule has 1 heterocycles. The third kappa shape index (κ3) is 1.44. The minimum atomic E-state index is -0.446. The molecule has 3 N–H and O–H groups in total. The van der Waals surface area contributed by atoms with Gasteiger partial charge in [-0.2, -0.15) is 0 Å². The molecule has 1 aromatic carbocycles. The molecule has 0 aliphatic heterocycles. The molecule has 15 heavy (non-hydrogen) atoms. The number of aromatic nitrogens is 1. The molecule has 0 saturated heterocycles. The molecule has 0 bridgehead atoms. The normalized spacial score (nSPS) is 10.7. The number of aryl methyl sites for hydroxylation is 1. The van der Waals surface area contributed by atoms with Crippen LogP contribution in [0.1, 0.15) is 17.3 Å². The molecule has 4 nitrogen and oxygen atoms in total. The van der Waals surface area contributed by atoms with Gasteiger partial charge in [0.25, 0.3) is 5.91 Å². The fourth-order valence-corrected chi connectivity index (χ4v) is 1.74. The number of nitrogens with two attached hydrogens (primary N) is 1. The molecule has 0 fully saturated rings. The van der Waals surface area contributed by atoms with E-state index in [4.69, 9.17) is 5.73 Å². The average Bonchev–Trinajstić information content (AvgIpc) is 2.55. The zero-order valence-corrected chi connectivity index (χ0v) is 8.40. The Morgan fingerprint density at radius 3 is 2.87 bits per heavy atom. The fraction of sp³-hybridized carbons (Fsp3) is 0.182. The minimum absolute atomic E-state index is 0.186. The number of fused-ring (bicyclic) bond motifs is 1. The first kappa shape index (κ1) is 9.58. The lowest BCUT2D eigenvalue weighted by Gasteiger charge is -1.99. The SMILES string of the molecule is CCn1cc(C(N)=O)c2ccc(O)cc21. The predicted molar refractivity (Wildman–Crippen MR) is 57.8 cm³/mol. The van der Waals surface area contributed by atoms with E-state index in [2.05, 4.69) is 0 Å². The molecule has 2 rings (SSSR count). The number of hydrogen-bond donors (Lipinski definition) is 2. The van der Waals surface area contributed by atoms with Crippen LogP contribution in [-0.4, -0.2) is 15.6 Å². The van der Waals surface area contributed by atoms with Gasteiger partial charge in [0, 0.05) is 24.2 Å². The van der Waals surface area contributed by atoms with Crippen LogP contribution in [0.2, 0.25) is 0 Å². The molecule has 0 aliphatic carbocycles. The first-order valence-electron chi connectivity index (χ1n) is 4.75. The summed E-state index contributed by atoms with van der Waals surface area (Å²) in [6.07, 6.45) is 1.71. The van der Waals surface area contributed by atoms with Crippen molar-refractivity contribution in [1.29, 1.82) is 0 Å². The van der Waals surface area contributed by atoms with Crippen LogP contribution < -0.4 is 5.73 Å². The molecule has 0 atom stereocenters. The van der Waals surface area contributed by atoms with Crippen LogP contribution in [0, 0.1) is 0 Å². The number of phenolic OH excluding ortho intramolecular Hbond substituents is 1. The van der Waals surface area contributed by atoms with Gasteiger partial charge in [-0.1, -0.05) is 0 Å². The van der Waals surface area contributed by atoms with Crippen LogP contribution >= 0.6 is 0 Å². The van der Waals surface area contributed by atoms with Crippen LogP contribution in [0.15, 0.2) is 24.4 Å². The molecule has 2 aromatic rings. The van der Waals surface area contributed by atoms with E-state index in [0.717, 1.165) is 17.4 Å². The van der Waals surface area contributed by atoms with Gasteiger partial charge in [0.15, 0.2) is 0 Å². The number of rotatable bonds is 2. The van der Waals surface area contributed by atoms with Crippen molar-refractivity contribution < 1.29 is 9.90 Å². The van der Waals surface area contributed by atoms with Gasteiger partial charge >= 0.3 is 0 Å². The lowest BCUT2D eigenvalue weighted by atomic mass is 10.1. The number of nitrogens with zero attached hydrogens (tertiary/aromatic N) is 1. The largest absolute Gasteiger partial charge is 0.508 e. The summed E-state index contributed by atoms with van der Waals surface area (Å²) < 4.78 is 1.88. The molecule has 0 unspecified atom stereocenters. The Labute approximate surface area is 86.9 Å². The summed E-state index contributed by atoms with van der Waals surface area (Å²) in [6, 6.07) is 4.89. The van der Waals surface area contributed by atoms with Crippen molar-refractivity contribution in [3.05, 3.63) is 30.0 Å². The van der Waals surface area contributed by atoms with E-state index in [1.807, 2.05) is 11.5 Å². The maximum Gasteiger partial charge on any atom is 0.250 e. The number of phenols is 1. The van der Waals surface area contributed by atoms with Gasteiger partial charge in [-0.05, 0) is 19.1 Å². The van der Waals surface area contributed by atoms with Crippen LogP contribution in [-0.2, 0) is 6.54 Å². The quantitative estimate of drug-likeness (QED) is 0.777. The Kier molecular flexibility index (Phi) is 2.11. The highest BCUT2D eigenvalue weighted by Crippen LogP contribution is 2.24. The Balaban J connectivity index is 2.81. The number of benzene rings is 1. The van der Waals surface area contributed by atoms with Crippen LogP contribution in [0.3, 0.4) is 0 Å². The summed E-state index contributed by atoms with van der Waals surface area (Å²) in [5.74, 6) is -0.260. The average molecular weight is 204 g/mol. The smallest absolute Gasteiger partial charge is 0.250 e. The monoisotopic (exact) mass is 204 g/mol. The molecular weight excluding hydrogens is 192 g/mol. The molecule has 0 saturated carbocycles. The van der Waals surface area contributed by atoms with Gasteiger partial charge in [-0.15, -0.1) is 0 Å². The molecule has 0 aliphatic rings. The van der Waals surface area contributed by atoms with E-state index in [9.17, 15) is 9.90 Å². The van der Waals surface area contributed by atoms with Gasteiger partial charge < -0.3 is 15.4 Å². The van der Waals surface area contributed by atoms with Gasteiger partial charge in [-0.25, -0.2) is 0 Å². The Bertz CT molecular complexity index is 529.